The number of rotatable bonds is 2. The van der Waals surface area contributed by atoms with Gasteiger partial charge in [0, 0.05) is 13.2 Å². The average molecular weight is 217 g/mol. The minimum absolute atomic E-state index is 0.253. The van der Waals surface area contributed by atoms with E-state index in [-0.39, 0.29) is 5.91 Å². The number of nitrogen functional groups attached to an aromatic ring is 1. The number of nitrogens with two attached hydrogens (primary N) is 1. The summed E-state index contributed by atoms with van der Waals surface area (Å²) in [7, 11) is 1.70. The minimum atomic E-state index is -0.253. The molecule has 0 atom stereocenters. The molecule has 16 heavy (non-hydrogen) atoms. The topological polar surface area (TPSA) is 85.8 Å². The third-order valence-corrected chi connectivity index (χ3v) is 2.08. The molecule has 0 aliphatic rings. The molecule has 2 aromatic rings. The molecule has 0 aromatic carbocycles. The van der Waals surface area contributed by atoms with Crippen LogP contribution in [0.3, 0.4) is 0 Å². The molecule has 0 fully saturated rings. The number of carbonyl (C=O) groups is 1. The highest BCUT2D eigenvalue weighted by Gasteiger charge is 2.09. The Bertz CT molecular complexity index is 502. The highest BCUT2D eigenvalue weighted by molar-refractivity contribution is 6.02. The van der Waals surface area contributed by atoms with Crippen LogP contribution in [-0.2, 0) is 7.05 Å². The quantitative estimate of drug-likeness (QED) is 0.773. The Hall–Kier alpha value is -2.37. The molecule has 0 aliphatic carbocycles. The number of hydrogen-bond donors (Lipinski definition) is 2. The predicted molar refractivity (Wildman–Crippen MR) is 59.8 cm³/mol. The summed E-state index contributed by atoms with van der Waals surface area (Å²) >= 11 is 0. The third-order valence-electron chi connectivity index (χ3n) is 2.08. The van der Waals surface area contributed by atoms with E-state index in [1.807, 2.05) is 0 Å². The van der Waals surface area contributed by atoms with Crippen molar-refractivity contribution in [1.82, 2.24) is 14.8 Å². The Morgan fingerprint density at radius 2 is 2.25 bits per heavy atom. The van der Waals surface area contributed by atoms with E-state index in [2.05, 4.69) is 15.4 Å². The maximum absolute atomic E-state index is 11.7. The molecule has 0 saturated heterocycles. The zero-order valence-corrected chi connectivity index (χ0v) is 8.71. The van der Waals surface area contributed by atoms with Gasteiger partial charge in [-0.25, -0.2) is 4.98 Å². The van der Waals surface area contributed by atoms with Gasteiger partial charge in [0.05, 0.1) is 11.9 Å². The molecule has 0 saturated carbocycles. The molecule has 0 aliphatic heterocycles. The van der Waals surface area contributed by atoms with Crippen molar-refractivity contribution in [2.24, 2.45) is 7.05 Å². The first-order valence-corrected chi connectivity index (χ1v) is 4.67. The van der Waals surface area contributed by atoms with Crippen LogP contribution in [0.4, 0.5) is 11.5 Å². The van der Waals surface area contributed by atoms with Crippen molar-refractivity contribution in [3.8, 4) is 0 Å². The summed E-state index contributed by atoms with van der Waals surface area (Å²) < 4.78 is 1.49. The van der Waals surface area contributed by atoms with Crippen molar-refractivity contribution in [2.75, 3.05) is 11.1 Å². The van der Waals surface area contributed by atoms with E-state index in [9.17, 15) is 4.79 Å². The summed E-state index contributed by atoms with van der Waals surface area (Å²) in [6.07, 6.45) is 3.05. The van der Waals surface area contributed by atoms with E-state index in [1.165, 1.54) is 10.9 Å². The molecule has 2 rings (SSSR count). The summed E-state index contributed by atoms with van der Waals surface area (Å²) in [6.45, 7) is 0. The number of anilines is 2. The van der Waals surface area contributed by atoms with Gasteiger partial charge in [0.1, 0.15) is 11.5 Å². The van der Waals surface area contributed by atoms with Crippen molar-refractivity contribution >= 4 is 17.4 Å². The largest absolute Gasteiger partial charge is 0.397 e. The first-order valence-electron chi connectivity index (χ1n) is 4.67. The maximum Gasteiger partial charge on any atom is 0.275 e. The number of carbonyl (C=O) groups excluding carboxylic acids is 1. The van der Waals surface area contributed by atoms with Gasteiger partial charge in [-0.3, -0.25) is 9.48 Å². The van der Waals surface area contributed by atoms with Crippen LogP contribution in [0.25, 0.3) is 0 Å². The lowest BCUT2D eigenvalue weighted by atomic mass is 10.3. The van der Waals surface area contributed by atoms with Crippen LogP contribution in [-0.4, -0.2) is 20.7 Å². The van der Waals surface area contributed by atoms with E-state index in [4.69, 9.17) is 5.73 Å². The maximum atomic E-state index is 11.7. The lowest BCUT2D eigenvalue weighted by molar-refractivity contribution is 0.101. The second-order valence-electron chi connectivity index (χ2n) is 3.27. The first-order chi connectivity index (χ1) is 7.66. The van der Waals surface area contributed by atoms with Crippen molar-refractivity contribution in [3.63, 3.8) is 0 Å². The van der Waals surface area contributed by atoms with E-state index in [1.54, 1.807) is 31.4 Å². The SMILES string of the molecule is Cn1nccc1C(=O)Nc1ccc(N)cn1. The summed E-state index contributed by atoms with van der Waals surface area (Å²) in [5, 5.41) is 6.55. The minimum Gasteiger partial charge on any atom is -0.397 e. The summed E-state index contributed by atoms with van der Waals surface area (Å²) in [6, 6.07) is 4.95. The Balaban J connectivity index is 2.14. The van der Waals surface area contributed by atoms with Gasteiger partial charge >= 0.3 is 0 Å². The third kappa shape index (κ3) is 2.00. The Labute approximate surface area is 92.1 Å². The first kappa shape index (κ1) is 10.2. The van der Waals surface area contributed by atoms with Crippen molar-refractivity contribution in [2.45, 2.75) is 0 Å². The van der Waals surface area contributed by atoms with Crippen molar-refractivity contribution in [1.29, 1.82) is 0 Å². The molecule has 0 radical (unpaired) electrons. The van der Waals surface area contributed by atoms with Gasteiger partial charge in [0.2, 0.25) is 0 Å². The molecule has 1 amide bonds. The van der Waals surface area contributed by atoms with Crippen LogP contribution in [0.2, 0.25) is 0 Å². The predicted octanol–water partition coefficient (Wildman–Crippen LogP) is 0.650. The zero-order chi connectivity index (χ0) is 11.5. The lowest BCUT2D eigenvalue weighted by Crippen LogP contribution is -2.16. The van der Waals surface area contributed by atoms with Gasteiger partial charge < -0.3 is 11.1 Å². The zero-order valence-electron chi connectivity index (χ0n) is 8.71. The van der Waals surface area contributed by atoms with Gasteiger partial charge in [-0.2, -0.15) is 5.10 Å². The number of hydrogen-bond acceptors (Lipinski definition) is 4. The van der Waals surface area contributed by atoms with Gasteiger partial charge in [-0.1, -0.05) is 0 Å². The molecular weight excluding hydrogens is 206 g/mol. The molecule has 3 N–H and O–H groups in total. The van der Waals surface area contributed by atoms with Crippen molar-refractivity contribution < 1.29 is 4.79 Å². The summed E-state index contributed by atoms with van der Waals surface area (Å²) in [5.41, 5.74) is 6.51. The number of nitrogens with zero attached hydrogens (tertiary/aromatic N) is 3. The van der Waals surface area contributed by atoms with Gasteiger partial charge in [0.25, 0.3) is 5.91 Å². The number of aryl methyl sites for hydroxylation is 1. The van der Waals surface area contributed by atoms with Crippen LogP contribution in [0, 0.1) is 0 Å². The van der Waals surface area contributed by atoms with Crippen LogP contribution < -0.4 is 11.1 Å². The molecule has 2 heterocycles. The van der Waals surface area contributed by atoms with E-state index < -0.39 is 0 Å². The smallest absolute Gasteiger partial charge is 0.275 e. The molecule has 0 spiro atoms. The van der Waals surface area contributed by atoms with Crippen LogP contribution in [0.1, 0.15) is 10.5 Å². The monoisotopic (exact) mass is 217 g/mol. The molecule has 0 bridgehead atoms. The summed E-state index contributed by atoms with van der Waals surface area (Å²) in [4.78, 5) is 15.7. The highest BCUT2D eigenvalue weighted by atomic mass is 16.2. The number of pyridine rings is 1. The normalized spacial score (nSPS) is 10.1. The van der Waals surface area contributed by atoms with Crippen LogP contribution in [0.15, 0.2) is 30.6 Å². The van der Waals surface area contributed by atoms with Gasteiger partial charge in [-0.05, 0) is 18.2 Å². The van der Waals surface area contributed by atoms with E-state index in [0.717, 1.165) is 0 Å². The number of nitrogens with one attached hydrogen (secondary N) is 1. The molecule has 2 aromatic heterocycles. The second-order valence-corrected chi connectivity index (χ2v) is 3.27. The molecule has 82 valence electrons. The Morgan fingerprint density at radius 3 is 2.81 bits per heavy atom. The molecule has 6 heteroatoms. The average Bonchev–Trinajstić information content (AvgIpc) is 2.68. The number of aromatic nitrogens is 3. The standard InChI is InChI=1S/C10H11N5O/c1-15-8(4-5-13-15)10(16)14-9-3-2-7(11)6-12-9/h2-6H,11H2,1H3,(H,12,14,16). The molecule has 6 nitrogen and oxygen atoms in total. The lowest BCUT2D eigenvalue weighted by Gasteiger charge is -2.04. The molecular formula is C10H11N5O. The van der Waals surface area contributed by atoms with Crippen LogP contribution >= 0.6 is 0 Å². The highest BCUT2D eigenvalue weighted by Crippen LogP contribution is 2.07. The Kier molecular flexibility index (Phi) is 2.55. The van der Waals surface area contributed by atoms with E-state index in [0.29, 0.717) is 17.2 Å². The fourth-order valence-corrected chi connectivity index (χ4v) is 1.26. The van der Waals surface area contributed by atoms with Crippen LogP contribution in [0.5, 0.6) is 0 Å². The fraction of sp³-hybridized carbons (Fsp3) is 0.100. The fourth-order valence-electron chi connectivity index (χ4n) is 1.26. The number of amides is 1. The molecule has 0 unspecified atom stereocenters. The Morgan fingerprint density at radius 1 is 1.44 bits per heavy atom. The van der Waals surface area contributed by atoms with Gasteiger partial charge in [-0.15, -0.1) is 0 Å². The van der Waals surface area contributed by atoms with E-state index >= 15 is 0 Å². The summed E-state index contributed by atoms with van der Waals surface area (Å²) in [5.74, 6) is 0.206. The van der Waals surface area contributed by atoms with Gasteiger partial charge in [0.15, 0.2) is 0 Å². The van der Waals surface area contributed by atoms with Crippen molar-refractivity contribution in [3.05, 3.63) is 36.3 Å². The second kappa shape index (κ2) is 4.01.